The molecule has 1 aromatic carbocycles. The molecule has 2 unspecified atom stereocenters. The molecule has 0 aliphatic rings. The fraction of sp³-hybridized carbons (Fsp3) is 0.190. The first-order valence-electron chi connectivity index (χ1n) is 9.57. The van der Waals surface area contributed by atoms with Crippen LogP contribution in [0.4, 0.5) is 5.95 Å². The van der Waals surface area contributed by atoms with Gasteiger partial charge in [0.2, 0.25) is 11.9 Å². The summed E-state index contributed by atoms with van der Waals surface area (Å²) in [6, 6.07) is 11.3. The van der Waals surface area contributed by atoms with Gasteiger partial charge in [0.05, 0.1) is 18.9 Å². The highest BCUT2D eigenvalue weighted by molar-refractivity contribution is 6.03. The van der Waals surface area contributed by atoms with Crippen molar-refractivity contribution in [3.63, 3.8) is 0 Å². The molecule has 4 aromatic rings. The Morgan fingerprint density at radius 1 is 1.16 bits per heavy atom. The first-order chi connectivity index (χ1) is 15.0. The van der Waals surface area contributed by atoms with Crippen LogP contribution >= 0.6 is 0 Å². The lowest BCUT2D eigenvalue weighted by atomic mass is 9.93. The number of ether oxygens (including phenoxy) is 1. The van der Waals surface area contributed by atoms with E-state index < -0.39 is 23.8 Å². The summed E-state index contributed by atoms with van der Waals surface area (Å²) < 4.78 is 11.7. The highest BCUT2D eigenvalue weighted by Gasteiger charge is 2.37. The fourth-order valence-corrected chi connectivity index (χ4v) is 3.31. The molecule has 10 heteroatoms. The maximum Gasteiger partial charge on any atom is 0.320 e. The highest BCUT2D eigenvalue weighted by atomic mass is 16.5. The summed E-state index contributed by atoms with van der Waals surface area (Å²) in [5.74, 6) is -2.35. The number of furan rings is 1. The predicted octanol–water partition coefficient (Wildman–Crippen LogP) is 2.19. The minimum absolute atomic E-state index is 0.0755. The lowest BCUT2D eigenvalue weighted by molar-refractivity contribution is -0.147. The Morgan fingerprint density at radius 3 is 2.61 bits per heavy atom. The molecule has 0 saturated heterocycles. The molecule has 0 fully saturated rings. The number of fused-ring (bicyclic) bond motifs is 1. The maximum atomic E-state index is 13.5. The van der Waals surface area contributed by atoms with Crippen LogP contribution in [-0.2, 0) is 9.53 Å². The smallest absolute Gasteiger partial charge is 0.320 e. The van der Waals surface area contributed by atoms with Gasteiger partial charge in [-0.15, -0.1) is 0 Å². The Labute approximate surface area is 176 Å². The lowest BCUT2D eigenvalue weighted by Gasteiger charge is -2.21. The second-order valence-corrected chi connectivity index (χ2v) is 6.70. The van der Waals surface area contributed by atoms with Crippen LogP contribution in [0.1, 0.15) is 23.3 Å². The quantitative estimate of drug-likeness (QED) is 0.353. The van der Waals surface area contributed by atoms with Crippen LogP contribution in [0.25, 0.3) is 22.6 Å². The van der Waals surface area contributed by atoms with Crippen LogP contribution in [0, 0.1) is 5.92 Å². The molecule has 0 bridgehead atoms. The number of hydrogen-bond acceptors (Lipinski definition) is 9. The molecule has 31 heavy (non-hydrogen) atoms. The highest BCUT2D eigenvalue weighted by Crippen LogP contribution is 2.28. The van der Waals surface area contributed by atoms with E-state index in [2.05, 4.69) is 15.0 Å². The number of aromatic nitrogens is 4. The third-order valence-corrected chi connectivity index (χ3v) is 4.76. The van der Waals surface area contributed by atoms with E-state index in [4.69, 9.17) is 20.6 Å². The predicted molar refractivity (Wildman–Crippen MR) is 112 cm³/mol. The first kappa shape index (κ1) is 20.2. The van der Waals surface area contributed by atoms with E-state index in [1.54, 1.807) is 43.3 Å². The van der Waals surface area contributed by atoms with E-state index in [0.717, 1.165) is 4.57 Å². The van der Waals surface area contributed by atoms with Crippen molar-refractivity contribution in [2.24, 2.45) is 11.7 Å². The maximum absolute atomic E-state index is 13.5. The summed E-state index contributed by atoms with van der Waals surface area (Å²) in [5, 5.41) is 0. The van der Waals surface area contributed by atoms with E-state index in [1.807, 2.05) is 6.07 Å². The Morgan fingerprint density at radius 2 is 1.94 bits per heavy atom. The zero-order valence-electron chi connectivity index (χ0n) is 16.6. The van der Waals surface area contributed by atoms with Gasteiger partial charge in [-0.3, -0.25) is 14.2 Å². The van der Waals surface area contributed by atoms with Gasteiger partial charge in [0.15, 0.2) is 17.3 Å². The Hall–Kier alpha value is -4.05. The second kappa shape index (κ2) is 8.36. The van der Waals surface area contributed by atoms with Crippen molar-refractivity contribution >= 4 is 29.0 Å². The van der Waals surface area contributed by atoms with Crippen LogP contribution in [0.15, 0.2) is 59.5 Å². The number of carbonyl (C=O) groups is 2. The molecular formula is C21H20N6O4. The monoisotopic (exact) mass is 420 g/mol. The van der Waals surface area contributed by atoms with Crippen molar-refractivity contribution in [2.45, 2.75) is 13.0 Å². The van der Waals surface area contributed by atoms with Gasteiger partial charge in [0, 0.05) is 0 Å². The van der Waals surface area contributed by atoms with Crippen molar-refractivity contribution < 1.29 is 18.7 Å². The standard InChI is InChI=1S/C21H20N6O4/c1-2-30-20(29)14(15(22)12-7-4-3-5-8-12)19(28)27-11-24-17-16(13-9-6-10-31-13)25-21(23)26-18(17)27/h3-11,14-15H,2,22H2,1H3,(H2,23,25,26). The Kier molecular flexibility index (Phi) is 5.46. The number of carbonyl (C=O) groups excluding carboxylic acids is 2. The van der Waals surface area contributed by atoms with Gasteiger partial charge in [-0.1, -0.05) is 30.3 Å². The van der Waals surface area contributed by atoms with E-state index in [9.17, 15) is 9.59 Å². The van der Waals surface area contributed by atoms with Crippen molar-refractivity contribution in [3.05, 3.63) is 60.6 Å². The normalized spacial score (nSPS) is 13.1. The molecule has 0 spiro atoms. The van der Waals surface area contributed by atoms with Gasteiger partial charge in [-0.25, -0.2) is 9.97 Å². The molecule has 0 aliphatic carbocycles. The molecule has 158 valence electrons. The number of hydrogen-bond donors (Lipinski definition) is 2. The molecule has 3 heterocycles. The van der Waals surface area contributed by atoms with Gasteiger partial charge in [0.25, 0.3) is 0 Å². The second-order valence-electron chi connectivity index (χ2n) is 6.70. The number of nitrogens with zero attached hydrogens (tertiary/aromatic N) is 4. The summed E-state index contributed by atoms with van der Waals surface area (Å²) in [4.78, 5) is 38.8. The number of benzene rings is 1. The molecule has 3 aromatic heterocycles. The summed E-state index contributed by atoms with van der Waals surface area (Å²) in [5.41, 5.74) is 13.6. The number of esters is 1. The Balaban J connectivity index is 1.81. The molecule has 0 aliphatic heterocycles. The first-order valence-corrected chi connectivity index (χ1v) is 9.57. The van der Waals surface area contributed by atoms with E-state index >= 15 is 0 Å². The van der Waals surface area contributed by atoms with Crippen molar-refractivity contribution in [3.8, 4) is 11.5 Å². The van der Waals surface area contributed by atoms with Crippen LogP contribution in [0.5, 0.6) is 0 Å². The van der Waals surface area contributed by atoms with E-state index in [1.165, 1.54) is 12.6 Å². The topological polar surface area (TPSA) is 152 Å². The summed E-state index contributed by atoms with van der Waals surface area (Å²) in [6.45, 7) is 1.76. The summed E-state index contributed by atoms with van der Waals surface area (Å²) in [6.07, 6.45) is 2.74. The van der Waals surface area contributed by atoms with Gasteiger partial charge in [-0.05, 0) is 24.6 Å². The lowest BCUT2D eigenvalue weighted by Crippen LogP contribution is -2.38. The van der Waals surface area contributed by atoms with Gasteiger partial charge < -0.3 is 20.6 Å². The fourth-order valence-electron chi connectivity index (χ4n) is 3.31. The Bertz CT molecular complexity index is 1220. The molecule has 10 nitrogen and oxygen atoms in total. The van der Waals surface area contributed by atoms with Crippen LogP contribution in [0.3, 0.4) is 0 Å². The number of rotatable bonds is 6. The van der Waals surface area contributed by atoms with E-state index in [-0.39, 0.29) is 18.2 Å². The average molecular weight is 420 g/mol. The molecule has 0 radical (unpaired) electrons. The molecule has 4 N–H and O–H groups in total. The minimum Gasteiger partial charge on any atom is -0.465 e. The SMILES string of the molecule is CCOC(=O)C(C(=O)n1cnc2c(-c3ccco3)nc(N)nc21)C(N)c1ccccc1. The third-order valence-electron chi connectivity index (χ3n) is 4.76. The van der Waals surface area contributed by atoms with Gasteiger partial charge in [-0.2, -0.15) is 4.98 Å². The zero-order valence-corrected chi connectivity index (χ0v) is 16.6. The number of imidazole rings is 1. The van der Waals surface area contributed by atoms with E-state index in [0.29, 0.717) is 22.5 Å². The summed E-state index contributed by atoms with van der Waals surface area (Å²) >= 11 is 0. The summed E-state index contributed by atoms with van der Waals surface area (Å²) in [7, 11) is 0. The van der Waals surface area contributed by atoms with Crippen molar-refractivity contribution in [1.29, 1.82) is 0 Å². The zero-order chi connectivity index (χ0) is 22.0. The van der Waals surface area contributed by atoms with Crippen molar-refractivity contribution in [1.82, 2.24) is 19.5 Å². The van der Waals surface area contributed by atoms with Crippen LogP contribution in [-0.4, -0.2) is 38.0 Å². The van der Waals surface area contributed by atoms with Crippen LogP contribution in [0.2, 0.25) is 0 Å². The average Bonchev–Trinajstić information content (AvgIpc) is 3.44. The molecule has 0 amide bonds. The number of nitrogen functional groups attached to an aromatic ring is 1. The molecule has 2 atom stereocenters. The molecule has 0 saturated carbocycles. The van der Waals surface area contributed by atoms with Gasteiger partial charge in [0.1, 0.15) is 17.5 Å². The van der Waals surface area contributed by atoms with Crippen molar-refractivity contribution in [2.75, 3.05) is 12.3 Å². The molecular weight excluding hydrogens is 400 g/mol. The number of nitrogens with two attached hydrogens (primary N) is 2. The van der Waals surface area contributed by atoms with Gasteiger partial charge >= 0.3 is 5.97 Å². The largest absolute Gasteiger partial charge is 0.465 e. The van der Waals surface area contributed by atoms with Crippen LogP contribution < -0.4 is 11.5 Å². The number of anilines is 1. The minimum atomic E-state index is -1.32. The molecule has 4 rings (SSSR count). The third kappa shape index (κ3) is 3.76.